The average molecular weight is 250 g/mol. The van der Waals surface area contributed by atoms with E-state index in [1.165, 1.54) is 44.9 Å². The van der Waals surface area contributed by atoms with E-state index in [1.807, 2.05) is 11.7 Å². The maximum absolute atomic E-state index is 4.33. The molecule has 1 saturated carbocycles. The Hall–Kier alpha value is -0.900. The molecule has 1 aromatic rings. The topological polar surface area (TPSA) is 42.7 Å². The van der Waals surface area contributed by atoms with Gasteiger partial charge in [-0.3, -0.25) is 4.68 Å². The minimum atomic E-state index is 0.538. The summed E-state index contributed by atoms with van der Waals surface area (Å²) in [5, 5.41) is 7.60. The van der Waals surface area contributed by atoms with E-state index in [2.05, 4.69) is 22.4 Å². The van der Waals surface area contributed by atoms with Crippen LogP contribution in [0.3, 0.4) is 0 Å². The SMILES string of the molecule is CNC(Cc1ncnn1C)CC1CCCCCC1. The highest BCUT2D eigenvalue weighted by Crippen LogP contribution is 2.26. The maximum atomic E-state index is 4.33. The summed E-state index contributed by atoms with van der Waals surface area (Å²) < 4.78 is 1.89. The molecule has 1 aliphatic rings. The van der Waals surface area contributed by atoms with Gasteiger partial charge in [0.25, 0.3) is 0 Å². The predicted octanol–water partition coefficient (Wildman–Crippen LogP) is 2.31. The van der Waals surface area contributed by atoms with Crippen LogP contribution < -0.4 is 5.32 Å². The highest BCUT2D eigenvalue weighted by molar-refractivity contribution is 4.89. The fourth-order valence-electron chi connectivity index (χ4n) is 3.03. The Morgan fingerprint density at radius 1 is 1.33 bits per heavy atom. The summed E-state index contributed by atoms with van der Waals surface area (Å²) in [6, 6.07) is 0.538. The van der Waals surface area contributed by atoms with Gasteiger partial charge in [-0.15, -0.1) is 0 Å². The summed E-state index contributed by atoms with van der Waals surface area (Å²) in [5.41, 5.74) is 0. The van der Waals surface area contributed by atoms with Crippen LogP contribution in [0.1, 0.15) is 50.8 Å². The van der Waals surface area contributed by atoms with Gasteiger partial charge in [0.15, 0.2) is 0 Å². The van der Waals surface area contributed by atoms with Crippen LogP contribution in [0.25, 0.3) is 0 Å². The summed E-state index contributed by atoms with van der Waals surface area (Å²) in [6.45, 7) is 0. The molecule has 1 unspecified atom stereocenters. The molecule has 0 aliphatic heterocycles. The van der Waals surface area contributed by atoms with Crippen molar-refractivity contribution in [3.63, 3.8) is 0 Å². The van der Waals surface area contributed by atoms with Crippen LogP contribution in [0.2, 0.25) is 0 Å². The van der Waals surface area contributed by atoms with Crippen molar-refractivity contribution in [1.29, 1.82) is 0 Å². The van der Waals surface area contributed by atoms with E-state index in [1.54, 1.807) is 6.33 Å². The zero-order valence-corrected chi connectivity index (χ0v) is 11.7. The molecule has 4 nitrogen and oxygen atoms in total. The minimum Gasteiger partial charge on any atom is -0.317 e. The first kappa shape index (κ1) is 13.5. The Morgan fingerprint density at radius 2 is 2.06 bits per heavy atom. The molecule has 0 aromatic carbocycles. The Balaban J connectivity index is 1.86. The molecule has 1 aliphatic carbocycles. The van der Waals surface area contributed by atoms with Gasteiger partial charge in [0, 0.05) is 19.5 Å². The van der Waals surface area contributed by atoms with Gasteiger partial charge in [-0.2, -0.15) is 5.10 Å². The van der Waals surface area contributed by atoms with Gasteiger partial charge in [0.2, 0.25) is 0 Å². The molecule has 18 heavy (non-hydrogen) atoms. The number of likely N-dealkylation sites (N-methyl/N-ethyl adjacent to an activating group) is 1. The molecule has 1 aromatic heterocycles. The van der Waals surface area contributed by atoms with Crippen LogP contribution in [0.4, 0.5) is 0 Å². The van der Waals surface area contributed by atoms with Gasteiger partial charge in [-0.25, -0.2) is 4.98 Å². The normalized spacial score (nSPS) is 19.7. The first-order valence-electron chi connectivity index (χ1n) is 7.29. The molecule has 2 rings (SSSR count). The standard InChI is InChI=1S/C14H26N4/c1-15-13(10-14-16-11-17-18(14)2)9-12-7-5-3-4-6-8-12/h11-13,15H,3-10H2,1-2H3. The van der Waals surface area contributed by atoms with Crippen LogP contribution in [-0.2, 0) is 13.5 Å². The second-order valence-electron chi connectivity index (χ2n) is 5.58. The number of nitrogens with zero attached hydrogens (tertiary/aromatic N) is 3. The van der Waals surface area contributed by atoms with E-state index in [9.17, 15) is 0 Å². The van der Waals surface area contributed by atoms with Crippen LogP contribution in [0.15, 0.2) is 6.33 Å². The Bertz CT molecular complexity index is 339. The fourth-order valence-corrected chi connectivity index (χ4v) is 3.03. The van der Waals surface area contributed by atoms with Gasteiger partial charge in [0.05, 0.1) is 0 Å². The van der Waals surface area contributed by atoms with Crippen molar-refractivity contribution in [3.8, 4) is 0 Å². The van der Waals surface area contributed by atoms with Crippen LogP contribution >= 0.6 is 0 Å². The van der Waals surface area contributed by atoms with E-state index in [0.717, 1.165) is 18.2 Å². The molecule has 0 saturated heterocycles. The third-order valence-electron chi connectivity index (χ3n) is 4.23. The van der Waals surface area contributed by atoms with E-state index < -0.39 is 0 Å². The van der Waals surface area contributed by atoms with Gasteiger partial charge >= 0.3 is 0 Å². The number of nitrogens with one attached hydrogen (secondary N) is 1. The lowest BCUT2D eigenvalue weighted by atomic mass is 9.91. The quantitative estimate of drug-likeness (QED) is 0.815. The smallest absolute Gasteiger partial charge is 0.138 e. The molecule has 0 bridgehead atoms. The van der Waals surface area contributed by atoms with Crippen LogP contribution in [0, 0.1) is 5.92 Å². The average Bonchev–Trinajstić information content (AvgIpc) is 2.64. The van der Waals surface area contributed by atoms with Crippen molar-refractivity contribution in [1.82, 2.24) is 20.1 Å². The molecule has 0 amide bonds. The van der Waals surface area contributed by atoms with Crippen molar-refractivity contribution < 1.29 is 0 Å². The van der Waals surface area contributed by atoms with Gasteiger partial charge in [-0.05, 0) is 19.4 Å². The second-order valence-corrected chi connectivity index (χ2v) is 5.58. The first-order valence-corrected chi connectivity index (χ1v) is 7.29. The van der Waals surface area contributed by atoms with E-state index in [0.29, 0.717) is 6.04 Å². The van der Waals surface area contributed by atoms with Crippen LogP contribution in [-0.4, -0.2) is 27.9 Å². The lowest BCUT2D eigenvalue weighted by Gasteiger charge is -2.21. The Kier molecular flexibility index (Phi) is 5.17. The van der Waals surface area contributed by atoms with E-state index >= 15 is 0 Å². The van der Waals surface area contributed by atoms with Crippen LogP contribution in [0.5, 0.6) is 0 Å². The fraction of sp³-hybridized carbons (Fsp3) is 0.857. The highest BCUT2D eigenvalue weighted by Gasteiger charge is 2.18. The molecule has 1 heterocycles. The number of hydrogen-bond acceptors (Lipinski definition) is 3. The molecule has 102 valence electrons. The third-order valence-corrected chi connectivity index (χ3v) is 4.23. The molecular formula is C14H26N4. The summed E-state index contributed by atoms with van der Waals surface area (Å²) in [7, 11) is 4.04. The zero-order chi connectivity index (χ0) is 12.8. The molecule has 1 atom stereocenters. The lowest BCUT2D eigenvalue weighted by Crippen LogP contribution is -2.31. The number of hydrogen-bond donors (Lipinski definition) is 1. The summed E-state index contributed by atoms with van der Waals surface area (Å²) in [6.07, 6.45) is 12.5. The van der Waals surface area contributed by atoms with Gasteiger partial charge < -0.3 is 5.32 Å². The van der Waals surface area contributed by atoms with Gasteiger partial charge in [-0.1, -0.05) is 38.5 Å². The summed E-state index contributed by atoms with van der Waals surface area (Å²) >= 11 is 0. The molecule has 1 N–H and O–H groups in total. The molecular weight excluding hydrogens is 224 g/mol. The third kappa shape index (κ3) is 3.80. The lowest BCUT2D eigenvalue weighted by molar-refractivity contribution is 0.356. The molecule has 0 radical (unpaired) electrons. The molecule has 4 heteroatoms. The number of rotatable bonds is 5. The van der Waals surface area contributed by atoms with Crippen molar-refractivity contribution in [2.75, 3.05) is 7.05 Å². The largest absolute Gasteiger partial charge is 0.317 e. The summed E-state index contributed by atoms with van der Waals surface area (Å²) in [5.74, 6) is 1.99. The second kappa shape index (κ2) is 6.88. The maximum Gasteiger partial charge on any atom is 0.138 e. The predicted molar refractivity (Wildman–Crippen MR) is 73.4 cm³/mol. The number of aryl methyl sites for hydroxylation is 1. The van der Waals surface area contributed by atoms with E-state index in [-0.39, 0.29) is 0 Å². The highest BCUT2D eigenvalue weighted by atomic mass is 15.3. The van der Waals surface area contributed by atoms with Gasteiger partial charge in [0.1, 0.15) is 12.2 Å². The van der Waals surface area contributed by atoms with E-state index in [4.69, 9.17) is 0 Å². The summed E-state index contributed by atoms with van der Waals surface area (Å²) in [4.78, 5) is 4.33. The van der Waals surface area contributed by atoms with Crippen molar-refractivity contribution in [3.05, 3.63) is 12.2 Å². The Labute approximate surface area is 110 Å². The van der Waals surface area contributed by atoms with Crippen molar-refractivity contribution >= 4 is 0 Å². The zero-order valence-electron chi connectivity index (χ0n) is 11.7. The van der Waals surface area contributed by atoms with Crippen molar-refractivity contribution in [2.24, 2.45) is 13.0 Å². The minimum absolute atomic E-state index is 0.538. The first-order chi connectivity index (χ1) is 8.79. The molecule has 1 fully saturated rings. The number of aromatic nitrogens is 3. The van der Waals surface area contributed by atoms with Crippen molar-refractivity contribution in [2.45, 2.75) is 57.4 Å². The molecule has 0 spiro atoms. The Morgan fingerprint density at radius 3 is 2.61 bits per heavy atom. The monoisotopic (exact) mass is 250 g/mol.